The van der Waals surface area contributed by atoms with E-state index in [4.69, 9.17) is 10.5 Å². The predicted molar refractivity (Wildman–Crippen MR) is 86.9 cm³/mol. The highest BCUT2D eigenvalue weighted by Gasteiger charge is 2.26. The number of benzene rings is 1. The predicted octanol–water partition coefficient (Wildman–Crippen LogP) is 3.04. The minimum absolute atomic E-state index is 0.0580. The van der Waals surface area contributed by atoms with Crippen molar-refractivity contribution in [1.29, 1.82) is 0 Å². The van der Waals surface area contributed by atoms with Crippen LogP contribution in [0.25, 0.3) is 10.1 Å². The van der Waals surface area contributed by atoms with Crippen LogP contribution in [-0.4, -0.2) is 37.1 Å². The van der Waals surface area contributed by atoms with Gasteiger partial charge in [-0.25, -0.2) is 0 Å². The molecule has 1 amide bonds. The summed E-state index contributed by atoms with van der Waals surface area (Å²) in [6.45, 7) is 3.53. The number of aryl methyl sites for hydroxylation is 1. The Bertz CT molecular complexity index is 672. The minimum Gasteiger partial charge on any atom is -0.397 e. The number of likely N-dealkylation sites (tertiary alicyclic amines) is 1. The SMILES string of the molecule is COC1CCN(C(=O)c2sc3c(C)cccc3c2N)CC1. The molecule has 4 nitrogen and oxygen atoms in total. The molecule has 3 rings (SSSR count). The van der Waals surface area contributed by atoms with Crippen LogP contribution < -0.4 is 5.73 Å². The molecule has 1 aromatic carbocycles. The van der Waals surface area contributed by atoms with Crippen LogP contribution in [0.15, 0.2) is 18.2 Å². The summed E-state index contributed by atoms with van der Waals surface area (Å²) in [7, 11) is 1.73. The number of ether oxygens (including phenoxy) is 1. The second-order valence-electron chi connectivity index (χ2n) is 5.52. The van der Waals surface area contributed by atoms with E-state index in [9.17, 15) is 4.79 Å². The molecule has 0 atom stereocenters. The third-order valence-corrected chi connectivity index (χ3v) is 5.55. The van der Waals surface area contributed by atoms with Crippen molar-refractivity contribution >= 4 is 33.0 Å². The number of piperidine rings is 1. The van der Waals surface area contributed by atoms with Crippen molar-refractivity contribution in [1.82, 2.24) is 4.90 Å². The number of nitrogen functional groups attached to an aromatic ring is 1. The third kappa shape index (κ3) is 2.51. The summed E-state index contributed by atoms with van der Waals surface area (Å²) in [5, 5.41) is 0.995. The van der Waals surface area contributed by atoms with Gasteiger partial charge in [-0.05, 0) is 25.3 Å². The first-order chi connectivity index (χ1) is 10.1. The maximum Gasteiger partial charge on any atom is 0.266 e. The van der Waals surface area contributed by atoms with Gasteiger partial charge in [0.05, 0.1) is 11.8 Å². The Morgan fingerprint density at radius 1 is 1.38 bits per heavy atom. The molecule has 0 unspecified atom stereocenters. The van der Waals surface area contributed by atoms with Gasteiger partial charge in [0.1, 0.15) is 4.88 Å². The van der Waals surface area contributed by atoms with Gasteiger partial charge in [0, 0.05) is 30.3 Å². The maximum absolute atomic E-state index is 12.7. The van der Waals surface area contributed by atoms with E-state index in [2.05, 4.69) is 13.0 Å². The van der Waals surface area contributed by atoms with Gasteiger partial charge in [0.2, 0.25) is 0 Å². The number of hydrogen-bond acceptors (Lipinski definition) is 4. The Labute approximate surface area is 128 Å². The lowest BCUT2D eigenvalue weighted by molar-refractivity contribution is 0.0354. The van der Waals surface area contributed by atoms with Crippen molar-refractivity contribution < 1.29 is 9.53 Å². The Morgan fingerprint density at radius 3 is 2.71 bits per heavy atom. The molecule has 1 aromatic heterocycles. The number of hydrogen-bond donors (Lipinski definition) is 1. The Balaban J connectivity index is 1.89. The van der Waals surface area contributed by atoms with Gasteiger partial charge in [0.25, 0.3) is 5.91 Å². The van der Waals surface area contributed by atoms with Crippen molar-refractivity contribution in [3.05, 3.63) is 28.6 Å². The second kappa shape index (κ2) is 5.66. The molecule has 5 heteroatoms. The van der Waals surface area contributed by atoms with Crippen LogP contribution in [0.4, 0.5) is 5.69 Å². The topological polar surface area (TPSA) is 55.6 Å². The summed E-state index contributed by atoms with van der Waals surface area (Å²) in [5.41, 5.74) is 8.00. The lowest BCUT2D eigenvalue weighted by Crippen LogP contribution is -2.40. The van der Waals surface area contributed by atoms with Crippen LogP contribution in [0.2, 0.25) is 0 Å². The Hall–Kier alpha value is -1.59. The summed E-state index contributed by atoms with van der Waals surface area (Å²) in [4.78, 5) is 15.3. The molecule has 2 heterocycles. The number of nitrogens with two attached hydrogens (primary N) is 1. The Kier molecular flexibility index (Phi) is 3.87. The molecule has 1 aliphatic rings. The number of carbonyl (C=O) groups is 1. The van der Waals surface area contributed by atoms with Crippen molar-refractivity contribution in [2.45, 2.75) is 25.9 Å². The maximum atomic E-state index is 12.7. The molecule has 2 N–H and O–H groups in total. The summed E-state index contributed by atoms with van der Waals surface area (Å²) in [6, 6.07) is 6.03. The normalized spacial score (nSPS) is 16.6. The number of methoxy groups -OCH3 is 1. The zero-order chi connectivity index (χ0) is 15.0. The van der Waals surface area contributed by atoms with E-state index in [1.807, 2.05) is 17.0 Å². The highest BCUT2D eigenvalue weighted by molar-refractivity contribution is 7.21. The van der Waals surface area contributed by atoms with Crippen LogP contribution in [0.5, 0.6) is 0 Å². The lowest BCUT2D eigenvalue weighted by Gasteiger charge is -2.31. The molecule has 0 spiro atoms. The molecule has 112 valence electrons. The number of nitrogens with zero attached hydrogens (tertiary/aromatic N) is 1. The first kappa shape index (κ1) is 14.4. The van der Waals surface area contributed by atoms with Gasteiger partial charge < -0.3 is 15.4 Å². The van der Waals surface area contributed by atoms with Crippen molar-refractivity contribution in [2.75, 3.05) is 25.9 Å². The van der Waals surface area contributed by atoms with E-state index in [0.29, 0.717) is 10.6 Å². The molecule has 2 aromatic rings. The van der Waals surface area contributed by atoms with Crippen LogP contribution >= 0.6 is 11.3 Å². The summed E-state index contributed by atoms with van der Waals surface area (Å²) in [5.74, 6) is 0.0580. The van der Waals surface area contributed by atoms with Gasteiger partial charge in [-0.1, -0.05) is 18.2 Å². The summed E-state index contributed by atoms with van der Waals surface area (Å²) >= 11 is 1.51. The third-order valence-electron chi connectivity index (χ3n) is 4.21. The van der Waals surface area contributed by atoms with Crippen LogP contribution in [0.3, 0.4) is 0 Å². The van der Waals surface area contributed by atoms with E-state index in [0.717, 1.165) is 36.0 Å². The minimum atomic E-state index is 0.0580. The molecule has 21 heavy (non-hydrogen) atoms. The quantitative estimate of drug-likeness (QED) is 0.928. The molecule has 0 saturated carbocycles. The number of anilines is 1. The highest BCUT2D eigenvalue weighted by atomic mass is 32.1. The number of amides is 1. The van der Waals surface area contributed by atoms with E-state index in [-0.39, 0.29) is 12.0 Å². The Morgan fingerprint density at radius 2 is 2.10 bits per heavy atom. The van der Waals surface area contributed by atoms with Crippen molar-refractivity contribution in [3.8, 4) is 0 Å². The molecular weight excluding hydrogens is 284 g/mol. The fourth-order valence-corrected chi connectivity index (χ4v) is 4.03. The smallest absolute Gasteiger partial charge is 0.266 e. The van der Waals surface area contributed by atoms with E-state index < -0.39 is 0 Å². The van der Waals surface area contributed by atoms with Crippen LogP contribution in [0.1, 0.15) is 28.1 Å². The number of thiophene rings is 1. The second-order valence-corrected chi connectivity index (χ2v) is 6.54. The monoisotopic (exact) mass is 304 g/mol. The van der Waals surface area contributed by atoms with Crippen molar-refractivity contribution in [2.24, 2.45) is 0 Å². The fraction of sp³-hybridized carbons (Fsp3) is 0.438. The van der Waals surface area contributed by atoms with Gasteiger partial charge >= 0.3 is 0 Å². The average Bonchev–Trinajstić information content (AvgIpc) is 2.85. The number of carbonyl (C=O) groups excluding carboxylic acids is 1. The molecule has 1 saturated heterocycles. The van der Waals surface area contributed by atoms with Gasteiger partial charge in [0.15, 0.2) is 0 Å². The molecule has 0 bridgehead atoms. The molecule has 0 radical (unpaired) electrons. The fourth-order valence-electron chi connectivity index (χ4n) is 2.88. The molecule has 1 aliphatic heterocycles. The van der Waals surface area contributed by atoms with Crippen LogP contribution in [-0.2, 0) is 4.74 Å². The summed E-state index contributed by atoms with van der Waals surface area (Å²) < 4.78 is 6.47. The molecule has 1 fully saturated rings. The van der Waals surface area contributed by atoms with Crippen LogP contribution in [0, 0.1) is 6.92 Å². The highest BCUT2D eigenvalue weighted by Crippen LogP contribution is 2.36. The first-order valence-corrected chi connectivity index (χ1v) is 8.03. The van der Waals surface area contributed by atoms with E-state index in [1.54, 1.807) is 7.11 Å². The zero-order valence-corrected chi connectivity index (χ0v) is 13.2. The summed E-state index contributed by atoms with van der Waals surface area (Å²) in [6.07, 6.45) is 2.06. The van der Waals surface area contributed by atoms with E-state index >= 15 is 0 Å². The van der Waals surface area contributed by atoms with Crippen molar-refractivity contribution in [3.63, 3.8) is 0 Å². The molecule has 0 aliphatic carbocycles. The zero-order valence-electron chi connectivity index (χ0n) is 12.4. The average molecular weight is 304 g/mol. The van der Waals surface area contributed by atoms with Gasteiger partial charge in [-0.3, -0.25) is 4.79 Å². The number of fused-ring (bicyclic) bond motifs is 1. The lowest BCUT2D eigenvalue weighted by atomic mass is 10.1. The molecular formula is C16H20N2O2S. The largest absolute Gasteiger partial charge is 0.397 e. The van der Waals surface area contributed by atoms with Gasteiger partial charge in [-0.15, -0.1) is 11.3 Å². The standard InChI is InChI=1S/C16H20N2O2S/c1-10-4-3-5-12-13(17)15(21-14(10)12)16(19)18-8-6-11(20-2)7-9-18/h3-5,11H,6-9,17H2,1-2H3. The first-order valence-electron chi connectivity index (χ1n) is 7.21. The van der Waals surface area contributed by atoms with E-state index in [1.165, 1.54) is 16.9 Å². The van der Waals surface area contributed by atoms with Gasteiger partial charge in [-0.2, -0.15) is 0 Å². The number of rotatable bonds is 2.